The summed E-state index contributed by atoms with van der Waals surface area (Å²) in [6.45, 7) is 0.179. The molecule has 0 unspecified atom stereocenters. The second-order valence-electron chi connectivity index (χ2n) is 5.69. The quantitative estimate of drug-likeness (QED) is 0.529. The van der Waals surface area contributed by atoms with Gasteiger partial charge in [-0.25, -0.2) is 18.4 Å². The average molecular weight is 423 g/mol. The second-order valence-corrected chi connectivity index (χ2v) is 7.65. The van der Waals surface area contributed by atoms with Gasteiger partial charge in [0.2, 0.25) is 10.0 Å². The van der Waals surface area contributed by atoms with Crippen LogP contribution in [0.25, 0.3) is 0 Å². The first-order chi connectivity index (χ1) is 13.2. The Hall–Kier alpha value is -3.01. The predicted molar refractivity (Wildman–Crippen MR) is 102 cm³/mol. The minimum Gasteiger partial charge on any atom is -0.478 e. The lowest BCUT2D eigenvalue weighted by molar-refractivity contribution is 0.0697. The molecule has 0 aliphatic carbocycles. The van der Waals surface area contributed by atoms with Crippen LogP contribution in [0, 0.1) is 0 Å². The Morgan fingerprint density at radius 3 is 2.61 bits per heavy atom. The second kappa shape index (κ2) is 7.93. The summed E-state index contributed by atoms with van der Waals surface area (Å²) in [6, 6.07) is 11.9. The Kier molecular flexibility index (Phi) is 5.59. The fraction of sp³-hybridized carbons (Fsp3) is 0.0556. The van der Waals surface area contributed by atoms with Crippen LogP contribution in [0.3, 0.4) is 0 Å². The van der Waals surface area contributed by atoms with E-state index in [4.69, 9.17) is 25.9 Å². The van der Waals surface area contributed by atoms with Crippen LogP contribution in [0.2, 0.25) is 5.02 Å². The molecule has 0 fully saturated rings. The van der Waals surface area contributed by atoms with Gasteiger partial charge in [-0.15, -0.1) is 0 Å². The number of hydrogen-bond donors (Lipinski definition) is 3. The predicted octanol–water partition coefficient (Wildman–Crippen LogP) is 3.68. The smallest absolute Gasteiger partial charge is 0.337 e. The fourth-order valence-corrected chi connectivity index (χ4v) is 3.28. The van der Waals surface area contributed by atoms with Crippen LogP contribution in [0.4, 0.5) is 5.69 Å². The van der Waals surface area contributed by atoms with Crippen molar-refractivity contribution in [1.82, 2.24) is 0 Å². The number of anilines is 1. The van der Waals surface area contributed by atoms with E-state index in [0.29, 0.717) is 10.8 Å². The average Bonchev–Trinajstić information content (AvgIpc) is 3.12. The van der Waals surface area contributed by atoms with Gasteiger partial charge in [-0.1, -0.05) is 17.7 Å². The van der Waals surface area contributed by atoms with E-state index in [0.717, 1.165) is 6.07 Å². The standard InChI is InChI=1S/C18H15ClN2O6S/c19-11-3-1-4-12(7-11)27-16-9-15(21-10-13-5-2-6-26-13)14(18(22)23)8-17(16)28(20,24)25/h1-9,21H,10H2,(H,22,23)(H2,20,24,25). The molecule has 0 aliphatic rings. The molecule has 0 atom stereocenters. The lowest BCUT2D eigenvalue weighted by Gasteiger charge is -2.15. The summed E-state index contributed by atoms with van der Waals surface area (Å²) >= 11 is 5.92. The molecule has 0 saturated carbocycles. The van der Waals surface area contributed by atoms with Crippen molar-refractivity contribution < 1.29 is 27.5 Å². The van der Waals surface area contributed by atoms with Crippen molar-refractivity contribution >= 4 is 33.3 Å². The zero-order chi connectivity index (χ0) is 20.3. The van der Waals surface area contributed by atoms with Crippen molar-refractivity contribution in [2.45, 2.75) is 11.4 Å². The summed E-state index contributed by atoms with van der Waals surface area (Å²) in [5.41, 5.74) is -0.151. The number of primary sulfonamides is 1. The number of nitrogens with one attached hydrogen (secondary N) is 1. The maximum Gasteiger partial charge on any atom is 0.337 e. The summed E-state index contributed by atoms with van der Waals surface area (Å²) in [5.74, 6) is -0.653. The summed E-state index contributed by atoms with van der Waals surface area (Å²) in [6.07, 6.45) is 1.48. The normalized spacial score (nSPS) is 11.2. The minimum absolute atomic E-state index is 0.133. The van der Waals surface area contributed by atoms with E-state index in [1.165, 1.54) is 18.4 Å². The molecular formula is C18H15ClN2O6S. The first-order valence-corrected chi connectivity index (χ1v) is 9.80. The Morgan fingerprint density at radius 1 is 1.21 bits per heavy atom. The van der Waals surface area contributed by atoms with Crippen molar-refractivity contribution in [1.29, 1.82) is 0 Å². The maximum absolute atomic E-state index is 12.0. The molecule has 0 amide bonds. The van der Waals surface area contributed by atoms with E-state index in [1.54, 1.807) is 30.3 Å². The zero-order valence-electron chi connectivity index (χ0n) is 14.3. The molecule has 0 radical (unpaired) electrons. The number of aromatic carboxylic acids is 1. The molecule has 1 aromatic heterocycles. The largest absolute Gasteiger partial charge is 0.478 e. The maximum atomic E-state index is 12.0. The highest BCUT2D eigenvalue weighted by molar-refractivity contribution is 7.89. The van der Waals surface area contributed by atoms with Gasteiger partial charge in [-0.3, -0.25) is 0 Å². The summed E-state index contributed by atoms with van der Waals surface area (Å²) in [5, 5.41) is 18.0. The number of nitrogens with two attached hydrogens (primary N) is 1. The van der Waals surface area contributed by atoms with Gasteiger partial charge < -0.3 is 19.6 Å². The third kappa shape index (κ3) is 4.63. The Bertz CT molecular complexity index is 1110. The van der Waals surface area contributed by atoms with Gasteiger partial charge >= 0.3 is 5.97 Å². The van der Waals surface area contributed by atoms with E-state index in [2.05, 4.69) is 5.32 Å². The number of carbonyl (C=O) groups is 1. The molecule has 0 bridgehead atoms. The SMILES string of the molecule is NS(=O)(=O)c1cc(C(=O)O)c(NCc2ccco2)cc1Oc1cccc(Cl)c1. The molecular weight excluding hydrogens is 408 g/mol. The number of hydrogen-bond acceptors (Lipinski definition) is 6. The zero-order valence-corrected chi connectivity index (χ0v) is 15.8. The topological polar surface area (TPSA) is 132 Å². The van der Waals surface area contributed by atoms with E-state index < -0.39 is 20.9 Å². The van der Waals surface area contributed by atoms with Gasteiger partial charge in [0.05, 0.1) is 24.1 Å². The molecule has 1 heterocycles. The monoisotopic (exact) mass is 422 g/mol. The number of halogens is 1. The highest BCUT2D eigenvalue weighted by Gasteiger charge is 2.23. The van der Waals surface area contributed by atoms with Crippen molar-refractivity contribution in [3.63, 3.8) is 0 Å². The van der Waals surface area contributed by atoms with Crippen molar-refractivity contribution in [3.05, 3.63) is 71.1 Å². The Labute approximate surface area is 165 Å². The molecule has 8 nitrogen and oxygen atoms in total. The third-order valence-electron chi connectivity index (χ3n) is 3.68. The number of furan rings is 1. The number of carboxylic acids is 1. The van der Waals surface area contributed by atoms with Crippen molar-refractivity contribution in [3.8, 4) is 11.5 Å². The van der Waals surface area contributed by atoms with Crippen LogP contribution in [0.1, 0.15) is 16.1 Å². The highest BCUT2D eigenvalue weighted by Crippen LogP contribution is 2.34. The Morgan fingerprint density at radius 2 is 2.00 bits per heavy atom. The van der Waals surface area contributed by atoms with Gasteiger partial charge in [0, 0.05) is 11.1 Å². The molecule has 0 spiro atoms. The lowest BCUT2D eigenvalue weighted by Crippen LogP contribution is -2.16. The Balaban J connectivity index is 2.06. The molecule has 146 valence electrons. The van der Waals surface area contributed by atoms with Gasteiger partial charge in [0.1, 0.15) is 22.2 Å². The van der Waals surface area contributed by atoms with Crippen LogP contribution in [-0.4, -0.2) is 19.5 Å². The summed E-state index contributed by atoms with van der Waals surface area (Å²) in [7, 11) is -4.26. The number of carboxylic acid groups (broad SMARTS) is 1. The summed E-state index contributed by atoms with van der Waals surface area (Å²) in [4.78, 5) is 11.2. The molecule has 2 aromatic carbocycles. The number of sulfonamides is 1. The summed E-state index contributed by atoms with van der Waals surface area (Å²) < 4.78 is 34.8. The molecule has 3 aromatic rings. The lowest BCUT2D eigenvalue weighted by atomic mass is 10.1. The van der Waals surface area contributed by atoms with Gasteiger partial charge in [-0.2, -0.15) is 0 Å². The van der Waals surface area contributed by atoms with E-state index in [9.17, 15) is 18.3 Å². The molecule has 4 N–H and O–H groups in total. The first-order valence-electron chi connectivity index (χ1n) is 7.88. The highest BCUT2D eigenvalue weighted by atomic mass is 35.5. The van der Waals surface area contributed by atoms with Gasteiger partial charge in [-0.05, 0) is 36.4 Å². The molecule has 3 rings (SSSR count). The first kappa shape index (κ1) is 19.7. The minimum atomic E-state index is -4.26. The number of ether oxygens (including phenoxy) is 1. The molecule has 10 heteroatoms. The van der Waals surface area contributed by atoms with Crippen LogP contribution in [0.5, 0.6) is 11.5 Å². The van der Waals surface area contributed by atoms with Crippen LogP contribution >= 0.6 is 11.6 Å². The van der Waals surface area contributed by atoms with Crippen molar-refractivity contribution in [2.75, 3.05) is 5.32 Å². The van der Waals surface area contributed by atoms with E-state index >= 15 is 0 Å². The molecule has 28 heavy (non-hydrogen) atoms. The van der Waals surface area contributed by atoms with Gasteiger partial charge in [0.15, 0.2) is 0 Å². The van der Waals surface area contributed by atoms with Crippen LogP contribution in [-0.2, 0) is 16.6 Å². The number of benzene rings is 2. The molecule has 0 aliphatic heterocycles. The van der Waals surface area contributed by atoms with Crippen LogP contribution in [0.15, 0.2) is 64.1 Å². The van der Waals surface area contributed by atoms with Crippen LogP contribution < -0.4 is 15.2 Å². The number of rotatable bonds is 7. The fourth-order valence-electron chi connectivity index (χ4n) is 2.44. The molecule has 0 saturated heterocycles. The van der Waals surface area contributed by atoms with Gasteiger partial charge in [0.25, 0.3) is 0 Å². The van der Waals surface area contributed by atoms with E-state index in [1.807, 2.05) is 0 Å². The van der Waals surface area contributed by atoms with Crippen molar-refractivity contribution in [2.24, 2.45) is 5.14 Å². The van der Waals surface area contributed by atoms with E-state index in [-0.39, 0.29) is 29.3 Å². The third-order valence-corrected chi connectivity index (χ3v) is 4.85.